The summed E-state index contributed by atoms with van der Waals surface area (Å²) in [4.78, 5) is 27.5. The van der Waals surface area contributed by atoms with E-state index in [2.05, 4.69) is 0 Å². The van der Waals surface area contributed by atoms with Gasteiger partial charge < -0.3 is 0 Å². The highest BCUT2D eigenvalue weighted by Crippen LogP contribution is 2.30. The van der Waals surface area contributed by atoms with E-state index < -0.39 is 27.5 Å². The van der Waals surface area contributed by atoms with Crippen molar-refractivity contribution in [1.29, 1.82) is 0 Å². The molecule has 0 unspecified atom stereocenters. The molecule has 4 rings (SSSR count). The topological polar surface area (TPSA) is 78.0 Å². The minimum atomic E-state index is -3.49. The van der Waals surface area contributed by atoms with Crippen LogP contribution in [0.3, 0.4) is 0 Å². The van der Waals surface area contributed by atoms with Gasteiger partial charge in [-0.05, 0) is 29.6 Å². The number of Topliss-reactive ketones (excluding diaryl/α,β-unsaturated/α-hetero) is 1. The first-order valence-corrected chi connectivity index (χ1v) is 10.6. The summed E-state index contributed by atoms with van der Waals surface area (Å²) in [5.74, 6) is -1.98. The highest BCUT2D eigenvalue weighted by atomic mass is 32.2. The Kier molecular flexibility index (Phi) is 4.58. The second-order valence-electron chi connectivity index (χ2n) is 6.32. The molecule has 3 heterocycles. The maximum atomic E-state index is 13.4. The number of thiophene rings is 1. The largest absolute Gasteiger partial charge is 0.300 e. The monoisotopic (exact) mass is 409 g/mol. The zero-order valence-corrected chi connectivity index (χ0v) is 15.8. The summed E-state index contributed by atoms with van der Waals surface area (Å²) in [6.07, 6.45) is 0. The van der Waals surface area contributed by atoms with Gasteiger partial charge in [0.2, 0.25) is 0 Å². The van der Waals surface area contributed by atoms with Crippen molar-refractivity contribution in [2.75, 3.05) is 37.7 Å². The second kappa shape index (κ2) is 6.79. The van der Waals surface area contributed by atoms with Crippen LogP contribution in [-0.2, 0) is 14.8 Å². The third-order valence-corrected chi connectivity index (χ3v) is 7.97. The van der Waals surface area contributed by atoms with Gasteiger partial charge in [0, 0.05) is 26.2 Å². The van der Waals surface area contributed by atoms with Crippen LogP contribution in [0.25, 0.3) is 0 Å². The maximum absolute atomic E-state index is 13.4. The lowest BCUT2D eigenvalue weighted by atomic mass is 10.1. The number of halogens is 1. The van der Waals surface area contributed by atoms with E-state index >= 15 is 0 Å². The zero-order chi connectivity index (χ0) is 19.2. The average molecular weight is 409 g/mol. The normalized spacial score (nSPS) is 18.9. The van der Waals surface area contributed by atoms with E-state index in [4.69, 9.17) is 0 Å². The van der Waals surface area contributed by atoms with Crippen LogP contribution in [0, 0.1) is 5.82 Å². The quantitative estimate of drug-likeness (QED) is 0.713. The number of ketones is 1. The number of anilines is 1. The van der Waals surface area contributed by atoms with Crippen LogP contribution >= 0.6 is 11.3 Å². The molecule has 2 aromatic rings. The van der Waals surface area contributed by atoms with E-state index in [1.807, 2.05) is 4.90 Å². The number of sulfonamides is 1. The Morgan fingerprint density at radius 1 is 1.07 bits per heavy atom. The molecule has 2 aliphatic heterocycles. The van der Waals surface area contributed by atoms with Gasteiger partial charge in [-0.1, -0.05) is 6.07 Å². The van der Waals surface area contributed by atoms with Crippen molar-refractivity contribution in [3.05, 3.63) is 47.1 Å². The maximum Gasteiger partial charge on any atom is 0.300 e. The predicted molar refractivity (Wildman–Crippen MR) is 97.7 cm³/mol. The molecule has 1 fully saturated rings. The number of hydrogen-bond acceptors (Lipinski definition) is 6. The highest BCUT2D eigenvalue weighted by molar-refractivity contribution is 7.91. The molecule has 1 aromatic heterocycles. The Bertz CT molecular complexity index is 999. The summed E-state index contributed by atoms with van der Waals surface area (Å²) in [5.41, 5.74) is 0.457. The molecule has 0 atom stereocenters. The Balaban J connectivity index is 1.45. The summed E-state index contributed by atoms with van der Waals surface area (Å²) >= 11 is 1.18. The molecule has 1 aromatic carbocycles. The lowest BCUT2D eigenvalue weighted by molar-refractivity contribution is -0.114. The third kappa shape index (κ3) is 3.18. The number of fused-ring (bicyclic) bond motifs is 1. The van der Waals surface area contributed by atoms with Gasteiger partial charge in [0.25, 0.3) is 15.8 Å². The molecule has 27 heavy (non-hydrogen) atoms. The number of rotatable bonds is 4. The summed E-state index contributed by atoms with van der Waals surface area (Å²) in [6, 6.07) is 6.98. The average Bonchev–Trinajstić information content (AvgIpc) is 3.27. The van der Waals surface area contributed by atoms with Gasteiger partial charge in [0.1, 0.15) is 10.0 Å². The molecule has 0 radical (unpaired) electrons. The van der Waals surface area contributed by atoms with Crippen molar-refractivity contribution in [3.8, 4) is 0 Å². The van der Waals surface area contributed by atoms with Crippen molar-refractivity contribution in [2.24, 2.45) is 0 Å². The molecule has 0 bridgehead atoms. The molecule has 2 aliphatic rings. The summed E-state index contributed by atoms with van der Waals surface area (Å²) in [6.45, 7) is 1.62. The van der Waals surface area contributed by atoms with E-state index in [1.54, 1.807) is 17.5 Å². The molecule has 1 amide bonds. The number of piperazine rings is 1. The Hall–Kier alpha value is -2.14. The molecule has 10 heteroatoms. The highest BCUT2D eigenvalue weighted by Gasteiger charge is 2.38. The minimum Gasteiger partial charge on any atom is -0.291 e. The van der Waals surface area contributed by atoms with Crippen molar-refractivity contribution in [3.63, 3.8) is 0 Å². The van der Waals surface area contributed by atoms with Crippen LogP contribution in [0.2, 0.25) is 0 Å². The molecule has 1 saturated heterocycles. The van der Waals surface area contributed by atoms with Crippen molar-refractivity contribution >= 4 is 38.7 Å². The van der Waals surface area contributed by atoms with E-state index in [0.717, 1.165) is 6.07 Å². The van der Waals surface area contributed by atoms with Gasteiger partial charge >= 0.3 is 5.91 Å². The standard InChI is InChI=1S/C17H16FN3O4S2/c18-12-3-4-14-13(10-12)16(22)17(23)21(14)11-19-5-7-20(8-6-19)27(24,25)15-2-1-9-26-15/h1-4,9-10H,5-8,11H2. The van der Waals surface area contributed by atoms with Gasteiger partial charge in [0.05, 0.1) is 17.9 Å². The van der Waals surface area contributed by atoms with Crippen molar-refractivity contribution < 1.29 is 22.4 Å². The Labute approximate surface area is 159 Å². The fourth-order valence-corrected chi connectivity index (χ4v) is 5.83. The van der Waals surface area contributed by atoms with Crippen LogP contribution < -0.4 is 4.90 Å². The van der Waals surface area contributed by atoms with Gasteiger partial charge in [-0.15, -0.1) is 11.3 Å². The van der Waals surface area contributed by atoms with Gasteiger partial charge in [-0.25, -0.2) is 12.8 Å². The van der Waals surface area contributed by atoms with Crippen LogP contribution in [-0.4, -0.2) is 62.2 Å². The van der Waals surface area contributed by atoms with Crippen molar-refractivity contribution in [1.82, 2.24) is 9.21 Å². The van der Waals surface area contributed by atoms with Crippen LogP contribution in [0.4, 0.5) is 10.1 Å². The van der Waals surface area contributed by atoms with Crippen molar-refractivity contribution in [2.45, 2.75) is 4.21 Å². The van der Waals surface area contributed by atoms with E-state index in [9.17, 15) is 22.4 Å². The molecule has 0 aliphatic carbocycles. The number of hydrogen-bond donors (Lipinski definition) is 0. The summed E-state index contributed by atoms with van der Waals surface area (Å²) < 4.78 is 40.2. The van der Waals surface area contributed by atoms with E-state index in [1.165, 1.54) is 32.7 Å². The first-order chi connectivity index (χ1) is 12.9. The van der Waals surface area contributed by atoms with Gasteiger partial charge in [-0.3, -0.25) is 19.4 Å². The van der Waals surface area contributed by atoms with Gasteiger partial charge in [-0.2, -0.15) is 4.31 Å². The zero-order valence-electron chi connectivity index (χ0n) is 14.2. The van der Waals surface area contributed by atoms with E-state index in [0.29, 0.717) is 36.1 Å². The molecule has 0 N–H and O–H groups in total. The Morgan fingerprint density at radius 2 is 1.81 bits per heavy atom. The lowest BCUT2D eigenvalue weighted by Crippen LogP contribution is -2.52. The fraction of sp³-hybridized carbons (Fsp3) is 0.294. The number of benzene rings is 1. The molecule has 0 spiro atoms. The lowest BCUT2D eigenvalue weighted by Gasteiger charge is -2.35. The van der Waals surface area contributed by atoms with Crippen LogP contribution in [0.5, 0.6) is 0 Å². The first-order valence-electron chi connectivity index (χ1n) is 8.30. The summed E-state index contributed by atoms with van der Waals surface area (Å²) in [7, 11) is -3.49. The molecular formula is C17H16FN3O4S2. The Morgan fingerprint density at radius 3 is 2.48 bits per heavy atom. The van der Waals surface area contributed by atoms with Gasteiger partial charge in [0.15, 0.2) is 0 Å². The van der Waals surface area contributed by atoms with E-state index in [-0.39, 0.29) is 12.2 Å². The second-order valence-corrected chi connectivity index (χ2v) is 9.43. The summed E-state index contributed by atoms with van der Waals surface area (Å²) in [5, 5.41) is 1.72. The number of nitrogens with zero attached hydrogens (tertiary/aromatic N) is 3. The predicted octanol–water partition coefficient (Wildman–Crippen LogP) is 1.38. The van der Waals surface area contributed by atoms with Crippen LogP contribution in [0.1, 0.15) is 10.4 Å². The third-order valence-electron chi connectivity index (χ3n) is 4.70. The fourth-order valence-electron chi connectivity index (χ4n) is 3.26. The SMILES string of the molecule is O=C1C(=O)N(CN2CCN(S(=O)(=O)c3cccs3)CC2)c2ccc(F)cc21. The molecular weight excluding hydrogens is 393 g/mol. The first kappa shape index (κ1) is 18.2. The number of amides is 1. The number of carbonyl (C=O) groups is 2. The minimum absolute atomic E-state index is 0.0684. The molecule has 0 saturated carbocycles. The molecule has 142 valence electrons. The van der Waals surface area contributed by atoms with Crippen LogP contribution in [0.15, 0.2) is 39.9 Å². The number of carbonyl (C=O) groups excluding carboxylic acids is 2. The molecule has 7 nitrogen and oxygen atoms in total. The smallest absolute Gasteiger partial charge is 0.291 e.